The normalized spacial score (nSPS) is 14.6. The molecular weight excluding hydrogens is 488 g/mol. The van der Waals surface area contributed by atoms with Crippen LogP contribution in [0.1, 0.15) is 45.6 Å². The molecule has 6 nitrogen and oxygen atoms in total. The first-order chi connectivity index (χ1) is 19.0. The number of hydrogen-bond donors (Lipinski definition) is 1. The SMILES string of the molecule is Cc1ccc(CC(=O)C2(c3ccc4c(c3)OCO4)CC2)cc1-c1ccc(C(=O)NCCc2ccccn2)cc1. The number of hydrogen-bond acceptors (Lipinski definition) is 5. The van der Waals surface area contributed by atoms with Crippen LogP contribution in [0.3, 0.4) is 0 Å². The van der Waals surface area contributed by atoms with Crippen LogP contribution in [0.25, 0.3) is 11.1 Å². The molecule has 1 fully saturated rings. The molecule has 3 aromatic carbocycles. The molecule has 1 aliphatic heterocycles. The van der Waals surface area contributed by atoms with E-state index in [1.165, 1.54) is 0 Å². The van der Waals surface area contributed by atoms with Gasteiger partial charge in [-0.1, -0.05) is 42.5 Å². The minimum atomic E-state index is -0.433. The molecule has 1 aromatic heterocycles. The number of benzene rings is 3. The Morgan fingerprint density at radius 3 is 2.51 bits per heavy atom. The number of rotatable bonds is 9. The Morgan fingerprint density at radius 1 is 0.923 bits per heavy atom. The average molecular weight is 519 g/mol. The first-order valence-corrected chi connectivity index (χ1v) is 13.3. The Balaban J connectivity index is 1.12. The maximum atomic E-state index is 13.5. The maximum absolute atomic E-state index is 13.5. The minimum absolute atomic E-state index is 0.105. The van der Waals surface area contributed by atoms with Crippen LogP contribution in [-0.2, 0) is 23.1 Å². The van der Waals surface area contributed by atoms with Gasteiger partial charge in [0.25, 0.3) is 5.91 Å². The van der Waals surface area contributed by atoms with Gasteiger partial charge in [-0.3, -0.25) is 14.6 Å². The third-order valence-electron chi connectivity index (χ3n) is 7.73. The molecule has 0 radical (unpaired) electrons. The molecule has 2 aliphatic rings. The number of nitrogens with zero attached hydrogens (tertiary/aromatic N) is 1. The van der Waals surface area contributed by atoms with Crippen LogP contribution in [-0.4, -0.2) is 30.0 Å². The highest BCUT2D eigenvalue weighted by molar-refractivity contribution is 5.96. The van der Waals surface area contributed by atoms with Crippen LogP contribution in [0, 0.1) is 6.92 Å². The second-order valence-electron chi connectivity index (χ2n) is 10.3. The number of aromatic nitrogens is 1. The highest BCUT2D eigenvalue weighted by atomic mass is 16.7. The summed E-state index contributed by atoms with van der Waals surface area (Å²) in [6.07, 6.45) is 4.53. The quantitative estimate of drug-likeness (QED) is 0.312. The minimum Gasteiger partial charge on any atom is -0.454 e. The second kappa shape index (κ2) is 10.4. The number of ether oxygens (including phenoxy) is 2. The van der Waals surface area contributed by atoms with E-state index < -0.39 is 5.41 Å². The number of aryl methyl sites for hydroxylation is 1. The van der Waals surface area contributed by atoms with Gasteiger partial charge < -0.3 is 14.8 Å². The summed E-state index contributed by atoms with van der Waals surface area (Å²) in [5, 5.41) is 2.96. The zero-order valence-electron chi connectivity index (χ0n) is 21.9. The van der Waals surface area contributed by atoms with E-state index >= 15 is 0 Å². The van der Waals surface area contributed by atoms with Crippen molar-refractivity contribution in [2.75, 3.05) is 13.3 Å². The highest BCUT2D eigenvalue weighted by Gasteiger charge is 2.50. The van der Waals surface area contributed by atoms with Gasteiger partial charge in [0.15, 0.2) is 11.5 Å². The van der Waals surface area contributed by atoms with Gasteiger partial charge in [0.1, 0.15) is 5.78 Å². The van der Waals surface area contributed by atoms with E-state index in [1.54, 1.807) is 6.20 Å². The Kier molecular flexibility index (Phi) is 6.61. The lowest BCUT2D eigenvalue weighted by molar-refractivity contribution is -0.120. The monoisotopic (exact) mass is 518 g/mol. The molecule has 4 aromatic rings. The largest absolute Gasteiger partial charge is 0.454 e. The second-order valence-corrected chi connectivity index (χ2v) is 10.3. The molecule has 1 amide bonds. The summed E-state index contributed by atoms with van der Waals surface area (Å²) >= 11 is 0. The molecule has 39 heavy (non-hydrogen) atoms. The number of Topliss-reactive ketones (excluding diaryl/α,β-unsaturated/α-hetero) is 1. The van der Waals surface area contributed by atoms with Gasteiger partial charge in [-0.15, -0.1) is 0 Å². The van der Waals surface area contributed by atoms with Crippen LogP contribution >= 0.6 is 0 Å². The van der Waals surface area contributed by atoms with Gasteiger partial charge in [-0.25, -0.2) is 0 Å². The van der Waals surface area contributed by atoms with Gasteiger partial charge in [-0.2, -0.15) is 0 Å². The average Bonchev–Trinajstić information content (AvgIpc) is 3.65. The van der Waals surface area contributed by atoms with Gasteiger partial charge in [-0.05, 0) is 84.0 Å². The molecule has 0 unspecified atom stereocenters. The Hall–Kier alpha value is -4.45. The van der Waals surface area contributed by atoms with E-state index in [2.05, 4.69) is 29.4 Å². The number of amides is 1. The van der Waals surface area contributed by atoms with Crippen molar-refractivity contribution in [2.24, 2.45) is 0 Å². The van der Waals surface area contributed by atoms with Crippen LogP contribution in [0.2, 0.25) is 0 Å². The number of carbonyl (C=O) groups is 2. The van der Waals surface area contributed by atoms with Crippen molar-refractivity contribution in [3.8, 4) is 22.6 Å². The van der Waals surface area contributed by atoms with Crippen molar-refractivity contribution in [3.63, 3.8) is 0 Å². The van der Waals surface area contributed by atoms with E-state index in [-0.39, 0.29) is 18.5 Å². The Bertz CT molecular complexity index is 1530. The molecule has 0 atom stereocenters. The zero-order valence-corrected chi connectivity index (χ0v) is 21.9. The number of ketones is 1. The standard InChI is InChI=1S/C33H30N2O4/c1-22-5-6-23(19-31(36)33(14-15-33)26-11-12-29-30(20-26)39-21-38-29)18-28(22)24-7-9-25(10-8-24)32(37)35-17-13-27-4-2-3-16-34-27/h2-12,16,18,20H,13-15,17,19,21H2,1H3,(H,35,37). The van der Waals surface area contributed by atoms with Gasteiger partial charge in [0.05, 0.1) is 5.41 Å². The Labute approximate surface area is 228 Å². The molecule has 196 valence electrons. The molecule has 1 saturated carbocycles. The van der Waals surface area contributed by atoms with Crippen LogP contribution in [0.4, 0.5) is 0 Å². The van der Waals surface area contributed by atoms with Crippen LogP contribution in [0.15, 0.2) is 85.1 Å². The molecular formula is C33H30N2O4. The van der Waals surface area contributed by atoms with E-state index in [9.17, 15) is 9.59 Å². The van der Waals surface area contributed by atoms with Crippen LogP contribution < -0.4 is 14.8 Å². The fourth-order valence-electron chi connectivity index (χ4n) is 5.25. The first kappa shape index (κ1) is 24.9. The van der Waals surface area contributed by atoms with E-state index in [0.717, 1.165) is 57.9 Å². The van der Waals surface area contributed by atoms with Crippen molar-refractivity contribution < 1.29 is 19.1 Å². The van der Waals surface area contributed by atoms with Crippen molar-refractivity contribution >= 4 is 11.7 Å². The summed E-state index contributed by atoms with van der Waals surface area (Å²) in [4.78, 5) is 30.4. The molecule has 2 heterocycles. The number of carbonyl (C=O) groups excluding carboxylic acids is 2. The predicted octanol–water partition coefficient (Wildman–Crippen LogP) is 5.60. The summed E-state index contributed by atoms with van der Waals surface area (Å²) in [6, 6.07) is 25.5. The molecule has 6 rings (SSSR count). The summed E-state index contributed by atoms with van der Waals surface area (Å²) < 4.78 is 11.0. The summed E-state index contributed by atoms with van der Waals surface area (Å²) in [5.41, 5.74) is 6.34. The molecule has 0 spiro atoms. The lowest BCUT2D eigenvalue weighted by Crippen LogP contribution is -2.25. The summed E-state index contributed by atoms with van der Waals surface area (Å²) in [5.74, 6) is 1.58. The third-order valence-corrected chi connectivity index (χ3v) is 7.73. The predicted molar refractivity (Wildman–Crippen MR) is 149 cm³/mol. The van der Waals surface area contributed by atoms with E-state index in [4.69, 9.17) is 9.47 Å². The van der Waals surface area contributed by atoms with Crippen molar-refractivity contribution in [2.45, 2.75) is 38.0 Å². The van der Waals surface area contributed by atoms with Crippen molar-refractivity contribution in [1.82, 2.24) is 10.3 Å². The van der Waals surface area contributed by atoms with Gasteiger partial charge >= 0.3 is 0 Å². The topological polar surface area (TPSA) is 77.5 Å². The van der Waals surface area contributed by atoms with Crippen molar-refractivity contribution in [3.05, 3.63) is 113 Å². The van der Waals surface area contributed by atoms with Crippen LogP contribution in [0.5, 0.6) is 11.5 Å². The van der Waals surface area contributed by atoms with E-state index in [0.29, 0.717) is 24.9 Å². The molecule has 0 saturated heterocycles. The first-order valence-electron chi connectivity index (χ1n) is 13.3. The smallest absolute Gasteiger partial charge is 0.251 e. The fourth-order valence-corrected chi connectivity index (χ4v) is 5.25. The summed E-state index contributed by atoms with van der Waals surface area (Å²) in [7, 11) is 0. The fraction of sp³-hybridized carbons (Fsp3) is 0.242. The van der Waals surface area contributed by atoms with Gasteiger partial charge in [0.2, 0.25) is 6.79 Å². The maximum Gasteiger partial charge on any atom is 0.251 e. The van der Waals surface area contributed by atoms with Gasteiger partial charge in [0, 0.05) is 36.8 Å². The Morgan fingerprint density at radius 2 is 1.74 bits per heavy atom. The number of nitrogens with one attached hydrogen (secondary N) is 1. The van der Waals surface area contributed by atoms with Crippen molar-refractivity contribution in [1.29, 1.82) is 0 Å². The zero-order chi connectivity index (χ0) is 26.8. The third kappa shape index (κ3) is 5.15. The molecule has 1 aliphatic carbocycles. The number of pyridine rings is 1. The summed E-state index contributed by atoms with van der Waals surface area (Å²) in [6.45, 7) is 2.82. The molecule has 6 heteroatoms. The highest BCUT2D eigenvalue weighted by Crippen LogP contribution is 2.51. The lowest BCUT2D eigenvalue weighted by atomic mass is 9.87. The number of fused-ring (bicyclic) bond motifs is 1. The molecule has 0 bridgehead atoms. The van der Waals surface area contributed by atoms with E-state index in [1.807, 2.05) is 66.7 Å². The lowest BCUT2D eigenvalue weighted by Gasteiger charge is -2.16. The molecule has 1 N–H and O–H groups in total.